The van der Waals surface area contributed by atoms with Crippen LogP contribution in [-0.4, -0.2) is 26.6 Å². The fourth-order valence-electron chi connectivity index (χ4n) is 2.16. The summed E-state index contributed by atoms with van der Waals surface area (Å²) in [6.45, 7) is 1.96. The van der Waals surface area contributed by atoms with Crippen molar-refractivity contribution in [3.8, 4) is 0 Å². The number of aromatic nitrogens is 3. The molecule has 0 bridgehead atoms. The molecule has 0 atom stereocenters. The predicted octanol–water partition coefficient (Wildman–Crippen LogP) is 4.67. The van der Waals surface area contributed by atoms with E-state index in [1.165, 1.54) is 0 Å². The number of amides is 1. The Kier molecular flexibility index (Phi) is 5.10. The summed E-state index contributed by atoms with van der Waals surface area (Å²) in [7, 11) is 0. The number of nitrogens with one attached hydrogen (secondary N) is 2. The standard InChI is InChI=1S/C16H12ClF3N4OS/c1-8-2-3-11-12(4-8)23-15(22-11)26-7-13(25)24-14-10(17)5-9(6-21-14)16(18,19)20/h2-6H,7H2,1H3,(H,22,23)(H,21,24,25). The molecule has 0 fully saturated rings. The zero-order valence-electron chi connectivity index (χ0n) is 13.3. The Balaban J connectivity index is 1.63. The van der Waals surface area contributed by atoms with E-state index in [4.69, 9.17) is 11.6 Å². The van der Waals surface area contributed by atoms with E-state index in [1.807, 2.05) is 25.1 Å². The topological polar surface area (TPSA) is 70.7 Å². The molecule has 3 aromatic rings. The number of H-pyrrole nitrogens is 1. The van der Waals surface area contributed by atoms with E-state index in [9.17, 15) is 18.0 Å². The molecule has 0 saturated heterocycles. The summed E-state index contributed by atoms with van der Waals surface area (Å²) in [6.07, 6.45) is -3.93. The van der Waals surface area contributed by atoms with Gasteiger partial charge in [0.15, 0.2) is 11.0 Å². The first-order valence-corrected chi connectivity index (χ1v) is 8.70. The van der Waals surface area contributed by atoms with Gasteiger partial charge in [0.05, 0.1) is 27.4 Å². The number of carbonyl (C=O) groups is 1. The minimum Gasteiger partial charge on any atom is -0.333 e. The van der Waals surface area contributed by atoms with Crippen LogP contribution in [0.25, 0.3) is 11.0 Å². The Morgan fingerprint density at radius 2 is 2.12 bits per heavy atom. The van der Waals surface area contributed by atoms with Crippen LogP contribution < -0.4 is 5.32 Å². The summed E-state index contributed by atoms with van der Waals surface area (Å²) in [5.41, 5.74) is 1.75. The molecule has 136 valence electrons. The number of aryl methyl sites for hydroxylation is 1. The summed E-state index contributed by atoms with van der Waals surface area (Å²) >= 11 is 6.93. The molecule has 0 unspecified atom stereocenters. The molecule has 1 aromatic carbocycles. The van der Waals surface area contributed by atoms with Crippen molar-refractivity contribution >= 4 is 46.1 Å². The van der Waals surface area contributed by atoms with Crippen molar-refractivity contribution in [2.45, 2.75) is 18.3 Å². The highest BCUT2D eigenvalue weighted by Gasteiger charge is 2.31. The summed E-state index contributed by atoms with van der Waals surface area (Å²) in [6, 6.07) is 6.47. The highest BCUT2D eigenvalue weighted by Crippen LogP contribution is 2.32. The molecule has 2 heterocycles. The molecule has 0 aliphatic rings. The van der Waals surface area contributed by atoms with Crippen LogP contribution in [0.5, 0.6) is 0 Å². The molecule has 0 aliphatic carbocycles. The van der Waals surface area contributed by atoms with E-state index in [1.54, 1.807) is 0 Å². The molecular weight excluding hydrogens is 389 g/mol. The van der Waals surface area contributed by atoms with E-state index in [2.05, 4.69) is 20.3 Å². The van der Waals surface area contributed by atoms with Gasteiger partial charge in [-0.2, -0.15) is 13.2 Å². The van der Waals surface area contributed by atoms with Crippen molar-refractivity contribution in [2.75, 3.05) is 11.1 Å². The Morgan fingerprint density at radius 1 is 1.35 bits per heavy atom. The van der Waals surface area contributed by atoms with Gasteiger partial charge in [-0.15, -0.1) is 0 Å². The van der Waals surface area contributed by atoms with Gasteiger partial charge in [0, 0.05) is 6.20 Å². The van der Waals surface area contributed by atoms with Gasteiger partial charge in [-0.1, -0.05) is 29.4 Å². The van der Waals surface area contributed by atoms with Crippen LogP contribution in [0.2, 0.25) is 5.02 Å². The van der Waals surface area contributed by atoms with Gasteiger partial charge in [0.1, 0.15) is 0 Å². The smallest absolute Gasteiger partial charge is 0.333 e. The molecule has 1 amide bonds. The SMILES string of the molecule is Cc1ccc2nc(SCC(=O)Nc3ncc(C(F)(F)F)cc3Cl)[nH]c2c1. The zero-order valence-corrected chi connectivity index (χ0v) is 14.9. The van der Waals surface area contributed by atoms with Crippen molar-refractivity contribution in [3.63, 3.8) is 0 Å². The second-order valence-electron chi connectivity index (χ2n) is 5.45. The maximum atomic E-state index is 12.6. The van der Waals surface area contributed by atoms with E-state index in [0.717, 1.165) is 34.4 Å². The molecule has 2 N–H and O–H groups in total. The zero-order chi connectivity index (χ0) is 18.9. The summed E-state index contributed by atoms with van der Waals surface area (Å²) in [4.78, 5) is 23.0. The number of pyridine rings is 1. The van der Waals surface area contributed by atoms with Gasteiger partial charge >= 0.3 is 6.18 Å². The second-order valence-corrected chi connectivity index (χ2v) is 6.82. The van der Waals surface area contributed by atoms with Crippen molar-refractivity contribution in [2.24, 2.45) is 0 Å². The number of benzene rings is 1. The Hall–Kier alpha value is -2.26. The number of fused-ring (bicyclic) bond motifs is 1. The number of rotatable bonds is 4. The Bertz CT molecular complexity index is 974. The Morgan fingerprint density at radius 3 is 2.81 bits per heavy atom. The largest absolute Gasteiger partial charge is 0.417 e. The van der Waals surface area contributed by atoms with Gasteiger partial charge in [-0.3, -0.25) is 4.79 Å². The van der Waals surface area contributed by atoms with E-state index in [0.29, 0.717) is 11.4 Å². The van der Waals surface area contributed by atoms with Gasteiger partial charge in [0.25, 0.3) is 0 Å². The first kappa shape index (κ1) is 18.5. The fraction of sp³-hybridized carbons (Fsp3) is 0.188. The van der Waals surface area contributed by atoms with Crippen LogP contribution in [0.1, 0.15) is 11.1 Å². The van der Waals surface area contributed by atoms with Crippen molar-refractivity contribution < 1.29 is 18.0 Å². The average Bonchev–Trinajstić information content (AvgIpc) is 2.96. The van der Waals surface area contributed by atoms with Crippen LogP contribution in [0.3, 0.4) is 0 Å². The first-order chi connectivity index (χ1) is 12.2. The average molecular weight is 401 g/mol. The van der Waals surface area contributed by atoms with E-state index in [-0.39, 0.29) is 16.6 Å². The number of thioether (sulfide) groups is 1. The van der Waals surface area contributed by atoms with E-state index < -0.39 is 17.6 Å². The number of hydrogen-bond donors (Lipinski definition) is 2. The highest BCUT2D eigenvalue weighted by molar-refractivity contribution is 7.99. The minimum absolute atomic E-state index is 0.00215. The van der Waals surface area contributed by atoms with Crippen LogP contribution in [0, 0.1) is 6.92 Å². The summed E-state index contributed by atoms with van der Waals surface area (Å²) < 4.78 is 37.8. The number of imidazole rings is 1. The molecule has 2 aromatic heterocycles. The monoisotopic (exact) mass is 400 g/mol. The lowest BCUT2D eigenvalue weighted by atomic mass is 10.2. The number of nitrogens with zero attached hydrogens (tertiary/aromatic N) is 2. The number of hydrogen-bond acceptors (Lipinski definition) is 4. The van der Waals surface area contributed by atoms with Gasteiger partial charge in [0.2, 0.25) is 5.91 Å². The molecule has 3 rings (SSSR count). The molecule has 10 heteroatoms. The lowest BCUT2D eigenvalue weighted by Crippen LogP contribution is -2.16. The Labute approximate surface area is 155 Å². The number of alkyl halides is 3. The van der Waals surface area contributed by atoms with Gasteiger partial charge in [-0.05, 0) is 30.7 Å². The number of anilines is 1. The third-order valence-electron chi connectivity index (χ3n) is 3.38. The first-order valence-electron chi connectivity index (χ1n) is 7.34. The number of carbonyl (C=O) groups excluding carboxylic acids is 1. The second kappa shape index (κ2) is 7.16. The normalized spacial score (nSPS) is 11.7. The van der Waals surface area contributed by atoms with Crippen LogP contribution in [-0.2, 0) is 11.0 Å². The van der Waals surface area contributed by atoms with Crippen LogP contribution in [0.15, 0.2) is 35.6 Å². The van der Waals surface area contributed by atoms with Crippen LogP contribution >= 0.6 is 23.4 Å². The molecule has 0 saturated carbocycles. The summed E-state index contributed by atoms with van der Waals surface area (Å²) in [5.74, 6) is -0.580. The summed E-state index contributed by atoms with van der Waals surface area (Å²) in [5, 5.41) is 2.67. The molecule has 5 nitrogen and oxygen atoms in total. The lowest BCUT2D eigenvalue weighted by Gasteiger charge is -2.09. The number of halogens is 4. The van der Waals surface area contributed by atoms with Crippen molar-refractivity contribution in [3.05, 3.63) is 46.6 Å². The lowest BCUT2D eigenvalue weighted by molar-refractivity contribution is -0.137. The third kappa shape index (κ3) is 4.28. The third-order valence-corrected chi connectivity index (χ3v) is 4.54. The molecule has 0 radical (unpaired) electrons. The maximum Gasteiger partial charge on any atom is 0.417 e. The predicted molar refractivity (Wildman–Crippen MR) is 94.4 cm³/mol. The van der Waals surface area contributed by atoms with Crippen molar-refractivity contribution in [1.82, 2.24) is 15.0 Å². The van der Waals surface area contributed by atoms with E-state index >= 15 is 0 Å². The molecule has 0 aliphatic heterocycles. The fourth-order valence-corrected chi connectivity index (χ4v) is 3.05. The quantitative estimate of drug-likeness (QED) is 0.624. The molecular formula is C16H12ClF3N4OS. The molecule has 0 spiro atoms. The highest BCUT2D eigenvalue weighted by atomic mass is 35.5. The van der Waals surface area contributed by atoms with Gasteiger partial charge < -0.3 is 10.3 Å². The van der Waals surface area contributed by atoms with Crippen LogP contribution in [0.4, 0.5) is 19.0 Å². The van der Waals surface area contributed by atoms with Gasteiger partial charge in [-0.25, -0.2) is 9.97 Å². The minimum atomic E-state index is -4.55. The maximum absolute atomic E-state index is 12.6. The number of aromatic amines is 1. The molecule has 26 heavy (non-hydrogen) atoms. The van der Waals surface area contributed by atoms with Crippen molar-refractivity contribution in [1.29, 1.82) is 0 Å².